The lowest BCUT2D eigenvalue weighted by Crippen LogP contribution is -2.27. The molecule has 1 saturated heterocycles. The Labute approximate surface area is 145 Å². The summed E-state index contributed by atoms with van der Waals surface area (Å²) in [5, 5.41) is -0.326. The lowest BCUT2D eigenvalue weighted by Gasteiger charge is -2.13. The van der Waals surface area contributed by atoms with Gasteiger partial charge in [-0.05, 0) is 47.2 Å². The molecule has 0 saturated carbocycles. The van der Waals surface area contributed by atoms with Crippen LogP contribution in [0, 0.1) is 5.82 Å². The molecule has 0 N–H and O–H groups in total. The van der Waals surface area contributed by atoms with Crippen molar-refractivity contribution in [2.24, 2.45) is 0 Å². The summed E-state index contributed by atoms with van der Waals surface area (Å²) in [5.41, 5.74) is 1.40. The maximum absolute atomic E-state index is 13.2. The van der Waals surface area contributed by atoms with Gasteiger partial charge >= 0.3 is 0 Å². The van der Waals surface area contributed by atoms with Gasteiger partial charge in [-0.1, -0.05) is 46.3 Å². The number of hydrogen-bond acceptors (Lipinski definition) is 3. The highest BCUT2D eigenvalue weighted by Crippen LogP contribution is 2.34. The molecule has 2 aromatic carbocycles. The molecular formula is C17H11BrFNO2S. The lowest BCUT2D eigenvalue weighted by atomic mass is 10.2. The van der Waals surface area contributed by atoms with Gasteiger partial charge in [0.15, 0.2) is 0 Å². The van der Waals surface area contributed by atoms with E-state index in [4.69, 9.17) is 0 Å². The first kappa shape index (κ1) is 16.0. The molecule has 0 radical (unpaired) electrons. The van der Waals surface area contributed by atoms with E-state index in [1.165, 1.54) is 23.1 Å². The van der Waals surface area contributed by atoms with Crippen LogP contribution in [0.15, 0.2) is 57.9 Å². The van der Waals surface area contributed by atoms with Crippen LogP contribution in [0.25, 0.3) is 6.08 Å². The Morgan fingerprint density at radius 2 is 1.91 bits per heavy atom. The maximum atomic E-state index is 13.2. The van der Waals surface area contributed by atoms with Crippen LogP contribution in [0.5, 0.6) is 0 Å². The molecule has 23 heavy (non-hydrogen) atoms. The van der Waals surface area contributed by atoms with Gasteiger partial charge < -0.3 is 0 Å². The van der Waals surface area contributed by atoms with Crippen LogP contribution in [0.3, 0.4) is 0 Å². The fourth-order valence-electron chi connectivity index (χ4n) is 2.18. The second-order valence-corrected chi connectivity index (χ2v) is 6.76. The van der Waals surface area contributed by atoms with Crippen molar-refractivity contribution < 1.29 is 14.0 Å². The second kappa shape index (κ2) is 6.68. The van der Waals surface area contributed by atoms with E-state index in [2.05, 4.69) is 15.9 Å². The number of halogens is 2. The van der Waals surface area contributed by atoms with Crippen LogP contribution in [0.1, 0.15) is 11.1 Å². The monoisotopic (exact) mass is 391 g/mol. The van der Waals surface area contributed by atoms with Crippen LogP contribution in [-0.2, 0) is 11.3 Å². The zero-order valence-corrected chi connectivity index (χ0v) is 14.2. The van der Waals surface area contributed by atoms with Gasteiger partial charge in [0.2, 0.25) is 0 Å². The molecular weight excluding hydrogens is 381 g/mol. The summed E-state index contributed by atoms with van der Waals surface area (Å²) in [7, 11) is 0. The summed E-state index contributed by atoms with van der Waals surface area (Å²) in [6, 6.07) is 13.3. The number of benzene rings is 2. The minimum Gasteiger partial charge on any atom is -0.268 e. The number of thioether (sulfide) groups is 1. The van der Waals surface area contributed by atoms with E-state index in [9.17, 15) is 14.0 Å². The molecule has 1 aliphatic heterocycles. The fourth-order valence-corrected chi connectivity index (χ4v) is 3.43. The Kier molecular flexibility index (Phi) is 4.63. The van der Waals surface area contributed by atoms with Crippen molar-refractivity contribution in [3.05, 3.63) is 74.9 Å². The molecule has 1 fully saturated rings. The molecule has 0 unspecified atom stereocenters. The third kappa shape index (κ3) is 3.54. The summed E-state index contributed by atoms with van der Waals surface area (Å²) < 4.78 is 14.1. The average molecular weight is 392 g/mol. The summed E-state index contributed by atoms with van der Waals surface area (Å²) in [5.74, 6) is -0.744. The molecule has 3 nitrogen and oxygen atoms in total. The Balaban J connectivity index is 1.84. The summed E-state index contributed by atoms with van der Waals surface area (Å²) in [4.78, 5) is 26.0. The van der Waals surface area contributed by atoms with Gasteiger partial charge in [-0.3, -0.25) is 14.5 Å². The van der Waals surface area contributed by atoms with Gasteiger partial charge in [-0.2, -0.15) is 0 Å². The minimum atomic E-state index is -0.383. The molecule has 0 spiro atoms. The molecule has 116 valence electrons. The second-order valence-electron chi connectivity index (χ2n) is 4.91. The van der Waals surface area contributed by atoms with E-state index in [1.807, 2.05) is 24.3 Å². The van der Waals surface area contributed by atoms with E-state index >= 15 is 0 Å². The number of carbonyl (C=O) groups is 2. The number of hydrogen-bond donors (Lipinski definition) is 0. The van der Waals surface area contributed by atoms with E-state index in [1.54, 1.807) is 12.1 Å². The van der Waals surface area contributed by atoms with Gasteiger partial charge in [0.25, 0.3) is 11.1 Å². The smallest absolute Gasteiger partial charge is 0.268 e. The third-order valence-electron chi connectivity index (χ3n) is 3.31. The first-order valence-corrected chi connectivity index (χ1v) is 8.40. The summed E-state index contributed by atoms with van der Waals surface area (Å²) in [6.45, 7) is 0.201. The van der Waals surface area contributed by atoms with Crippen molar-refractivity contribution in [2.45, 2.75) is 6.54 Å². The standard InChI is InChI=1S/C17H11BrFNO2S/c18-14-7-2-1-5-12(14)10-20-16(21)15(23-17(20)22)9-11-4-3-6-13(19)8-11/h1-9H,10H2/b15-9+. The summed E-state index contributed by atoms with van der Waals surface area (Å²) >= 11 is 4.28. The predicted octanol–water partition coefficient (Wildman–Crippen LogP) is 4.82. The quantitative estimate of drug-likeness (QED) is 0.703. The van der Waals surface area contributed by atoms with Crippen LogP contribution >= 0.6 is 27.7 Å². The largest absolute Gasteiger partial charge is 0.293 e. The van der Waals surface area contributed by atoms with Crippen molar-refractivity contribution in [1.82, 2.24) is 4.90 Å². The molecule has 2 aromatic rings. The van der Waals surface area contributed by atoms with Crippen LogP contribution in [0.4, 0.5) is 9.18 Å². The number of carbonyl (C=O) groups excluding carboxylic acids is 2. The van der Waals surface area contributed by atoms with Gasteiger partial charge in [0, 0.05) is 4.47 Å². The molecule has 0 atom stereocenters. The fraction of sp³-hybridized carbons (Fsp3) is 0.0588. The highest BCUT2D eigenvalue weighted by molar-refractivity contribution is 9.10. The number of amides is 2. The van der Waals surface area contributed by atoms with Crippen LogP contribution in [-0.4, -0.2) is 16.0 Å². The van der Waals surface area contributed by atoms with Crippen molar-refractivity contribution in [3.63, 3.8) is 0 Å². The maximum Gasteiger partial charge on any atom is 0.293 e. The highest BCUT2D eigenvalue weighted by atomic mass is 79.9. The first-order valence-electron chi connectivity index (χ1n) is 6.79. The predicted molar refractivity (Wildman–Crippen MR) is 92.1 cm³/mol. The average Bonchev–Trinajstić information content (AvgIpc) is 2.77. The Bertz CT molecular complexity index is 822. The van der Waals surface area contributed by atoms with E-state index in [0.717, 1.165) is 21.8 Å². The Morgan fingerprint density at radius 1 is 1.13 bits per heavy atom. The molecule has 0 aliphatic carbocycles. The number of nitrogens with zero attached hydrogens (tertiary/aromatic N) is 1. The Morgan fingerprint density at radius 3 is 2.65 bits per heavy atom. The minimum absolute atomic E-state index is 0.201. The van der Waals surface area contributed by atoms with Crippen molar-refractivity contribution in [1.29, 1.82) is 0 Å². The molecule has 1 aliphatic rings. The molecule has 3 rings (SSSR count). The zero-order chi connectivity index (χ0) is 16.4. The number of imide groups is 1. The van der Waals surface area contributed by atoms with Crippen molar-refractivity contribution in [3.8, 4) is 0 Å². The van der Waals surface area contributed by atoms with Gasteiger partial charge in [-0.15, -0.1) is 0 Å². The Hall–Kier alpha value is -1.92. The normalized spacial score (nSPS) is 16.4. The number of rotatable bonds is 3. The van der Waals surface area contributed by atoms with Crippen LogP contribution < -0.4 is 0 Å². The molecule has 0 bridgehead atoms. The van der Waals surface area contributed by atoms with Gasteiger partial charge in [0.05, 0.1) is 11.4 Å². The van der Waals surface area contributed by atoms with Crippen molar-refractivity contribution >= 4 is 44.9 Å². The van der Waals surface area contributed by atoms with E-state index in [-0.39, 0.29) is 23.5 Å². The van der Waals surface area contributed by atoms with Gasteiger partial charge in [0.1, 0.15) is 5.82 Å². The van der Waals surface area contributed by atoms with E-state index in [0.29, 0.717) is 10.5 Å². The molecule has 1 heterocycles. The van der Waals surface area contributed by atoms with Crippen molar-refractivity contribution in [2.75, 3.05) is 0 Å². The first-order chi connectivity index (χ1) is 11.0. The zero-order valence-electron chi connectivity index (χ0n) is 11.8. The highest BCUT2D eigenvalue weighted by Gasteiger charge is 2.35. The topological polar surface area (TPSA) is 37.4 Å². The summed E-state index contributed by atoms with van der Waals surface area (Å²) in [6.07, 6.45) is 1.54. The van der Waals surface area contributed by atoms with E-state index < -0.39 is 0 Å². The SMILES string of the molecule is O=C1S/C(=C/c2cccc(F)c2)C(=O)N1Cc1ccccc1Br. The molecule has 6 heteroatoms. The third-order valence-corrected chi connectivity index (χ3v) is 4.99. The van der Waals surface area contributed by atoms with Gasteiger partial charge in [-0.25, -0.2) is 4.39 Å². The lowest BCUT2D eigenvalue weighted by molar-refractivity contribution is -0.123. The molecule has 0 aromatic heterocycles. The van der Waals surface area contributed by atoms with Crippen LogP contribution in [0.2, 0.25) is 0 Å². The molecule has 2 amide bonds.